The summed E-state index contributed by atoms with van der Waals surface area (Å²) in [7, 11) is 0. The number of benzene rings is 2. The van der Waals surface area contributed by atoms with E-state index >= 15 is 0 Å². The first-order chi connectivity index (χ1) is 11.9. The minimum Gasteiger partial charge on any atom is -0.264 e. The number of aryl methyl sites for hydroxylation is 1. The van der Waals surface area contributed by atoms with Gasteiger partial charge in [0.2, 0.25) is 0 Å². The molecule has 3 aromatic rings. The van der Waals surface area contributed by atoms with Gasteiger partial charge in [-0.1, -0.05) is 79.6 Å². The van der Waals surface area contributed by atoms with Crippen LogP contribution in [-0.2, 0) is 6.42 Å². The molecule has 3 rings (SSSR count). The van der Waals surface area contributed by atoms with E-state index in [2.05, 4.69) is 71.7 Å². The van der Waals surface area contributed by atoms with Crippen LogP contribution in [0, 0.1) is 0 Å². The molecule has 1 aromatic heterocycles. The van der Waals surface area contributed by atoms with E-state index in [1.165, 1.54) is 48.8 Å². The van der Waals surface area contributed by atoms with Crippen LogP contribution in [0.2, 0.25) is 0 Å². The van der Waals surface area contributed by atoms with Crippen LogP contribution >= 0.6 is 0 Å². The van der Waals surface area contributed by atoms with E-state index in [4.69, 9.17) is 0 Å². The topological polar surface area (TPSA) is 12.9 Å². The van der Waals surface area contributed by atoms with Crippen molar-refractivity contribution in [2.75, 3.05) is 0 Å². The van der Waals surface area contributed by atoms with Crippen molar-refractivity contribution in [3.05, 3.63) is 102 Å². The molecule has 0 saturated carbocycles. The Morgan fingerprint density at radius 3 is 2.08 bits per heavy atom. The Labute approximate surface area is 145 Å². The minimum atomic E-state index is 0.455. The van der Waals surface area contributed by atoms with Crippen molar-refractivity contribution in [2.24, 2.45) is 0 Å². The van der Waals surface area contributed by atoms with Crippen molar-refractivity contribution in [2.45, 2.75) is 38.0 Å². The molecule has 0 aliphatic carbocycles. The summed E-state index contributed by atoms with van der Waals surface area (Å²) in [5.41, 5.74) is 4.17. The number of pyridine rings is 1. The van der Waals surface area contributed by atoms with Gasteiger partial charge in [0.1, 0.15) is 0 Å². The highest BCUT2D eigenvalue weighted by Crippen LogP contribution is 2.29. The molecule has 0 aliphatic rings. The van der Waals surface area contributed by atoms with E-state index in [1.54, 1.807) is 0 Å². The Morgan fingerprint density at radius 2 is 1.38 bits per heavy atom. The zero-order chi connectivity index (χ0) is 16.5. The van der Waals surface area contributed by atoms with Crippen molar-refractivity contribution < 1.29 is 0 Å². The standard InChI is InChI=1S/C23H25N/c1-4-11-20(12-5-1)13-6-2-9-17-23(21-14-7-3-8-15-21)22-16-10-18-24-19-22/h1,3-5,7-8,10-12,14-16,18-19,23H,2,6,9,13,17H2. The Morgan fingerprint density at radius 1 is 0.667 bits per heavy atom. The van der Waals surface area contributed by atoms with Gasteiger partial charge in [0.15, 0.2) is 0 Å². The molecule has 0 amide bonds. The van der Waals surface area contributed by atoms with Crippen molar-refractivity contribution in [1.82, 2.24) is 4.98 Å². The van der Waals surface area contributed by atoms with E-state index in [0.717, 1.165) is 0 Å². The SMILES string of the molecule is c1ccc(CCCCCC(c2ccccc2)c2cccnc2)cc1. The van der Waals surface area contributed by atoms with Crippen molar-refractivity contribution in [1.29, 1.82) is 0 Å². The average Bonchev–Trinajstić information content (AvgIpc) is 2.67. The predicted octanol–water partition coefficient (Wildman–Crippen LogP) is 6.02. The fourth-order valence-corrected chi connectivity index (χ4v) is 3.29. The second-order valence-electron chi connectivity index (χ2n) is 6.33. The molecule has 0 saturated heterocycles. The molecule has 1 unspecified atom stereocenters. The summed E-state index contributed by atoms with van der Waals surface area (Å²) in [4.78, 5) is 4.32. The molecule has 2 aromatic carbocycles. The fourth-order valence-electron chi connectivity index (χ4n) is 3.29. The molecule has 1 atom stereocenters. The summed E-state index contributed by atoms with van der Waals surface area (Å²) in [6.45, 7) is 0. The second-order valence-corrected chi connectivity index (χ2v) is 6.33. The van der Waals surface area contributed by atoms with Crippen LogP contribution in [0.3, 0.4) is 0 Å². The van der Waals surface area contributed by atoms with Gasteiger partial charge in [0.05, 0.1) is 0 Å². The van der Waals surface area contributed by atoms with Crippen molar-refractivity contribution in [3.63, 3.8) is 0 Å². The second kappa shape index (κ2) is 9.02. The van der Waals surface area contributed by atoms with Gasteiger partial charge in [-0.15, -0.1) is 0 Å². The lowest BCUT2D eigenvalue weighted by Crippen LogP contribution is -2.02. The fraction of sp³-hybridized carbons (Fsp3) is 0.261. The highest BCUT2D eigenvalue weighted by Gasteiger charge is 2.13. The van der Waals surface area contributed by atoms with Crippen LogP contribution in [0.15, 0.2) is 85.2 Å². The smallest absolute Gasteiger partial charge is 0.0306 e. The predicted molar refractivity (Wildman–Crippen MR) is 101 cm³/mol. The largest absolute Gasteiger partial charge is 0.264 e. The lowest BCUT2D eigenvalue weighted by atomic mass is 9.87. The summed E-state index contributed by atoms with van der Waals surface area (Å²) in [5.74, 6) is 0.455. The third-order valence-corrected chi connectivity index (χ3v) is 4.59. The molecule has 0 spiro atoms. The Kier molecular flexibility index (Phi) is 6.18. The van der Waals surface area contributed by atoms with E-state index < -0.39 is 0 Å². The van der Waals surface area contributed by atoms with Gasteiger partial charge >= 0.3 is 0 Å². The minimum absolute atomic E-state index is 0.455. The highest BCUT2D eigenvalue weighted by atomic mass is 14.6. The van der Waals surface area contributed by atoms with Gasteiger partial charge in [-0.3, -0.25) is 4.98 Å². The summed E-state index contributed by atoms with van der Waals surface area (Å²) in [6.07, 6.45) is 10.0. The molecule has 0 fully saturated rings. The van der Waals surface area contributed by atoms with Crippen LogP contribution in [0.4, 0.5) is 0 Å². The van der Waals surface area contributed by atoms with Crippen molar-refractivity contribution in [3.8, 4) is 0 Å². The highest BCUT2D eigenvalue weighted by molar-refractivity contribution is 5.30. The van der Waals surface area contributed by atoms with Crippen LogP contribution in [0.5, 0.6) is 0 Å². The lowest BCUT2D eigenvalue weighted by Gasteiger charge is -2.17. The number of rotatable bonds is 8. The summed E-state index contributed by atoms with van der Waals surface area (Å²) in [6, 6.07) is 25.9. The molecule has 0 N–H and O–H groups in total. The zero-order valence-corrected chi connectivity index (χ0v) is 14.1. The van der Waals surface area contributed by atoms with E-state index in [9.17, 15) is 0 Å². The Balaban J connectivity index is 1.55. The number of unbranched alkanes of at least 4 members (excludes halogenated alkanes) is 2. The average molecular weight is 315 g/mol. The number of nitrogens with zero attached hydrogens (tertiary/aromatic N) is 1. The van der Waals surface area contributed by atoms with Crippen LogP contribution < -0.4 is 0 Å². The number of aromatic nitrogens is 1. The molecular weight excluding hydrogens is 290 g/mol. The number of hydrogen-bond donors (Lipinski definition) is 0. The van der Waals surface area contributed by atoms with E-state index in [1.807, 2.05) is 18.5 Å². The molecule has 1 heteroatoms. The van der Waals surface area contributed by atoms with E-state index in [-0.39, 0.29) is 0 Å². The van der Waals surface area contributed by atoms with Gasteiger partial charge in [-0.25, -0.2) is 0 Å². The normalized spacial score (nSPS) is 12.0. The van der Waals surface area contributed by atoms with Gasteiger partial charge in [0, 0.05) is 18.3 Å². The van der Waals surface area contributed by atoms with Crippen LogP contribution in [0.25, 0.3) is 0 Å². The first kappa shape index (κ1) is 16.4. The monoisotopic (exact) mass is 315 g/mol. The van der Waals surface area contributed by atoms with E-state index in [0.29, 0.717) is 5.92 Å². The third-order valence-electron chi connectivity index (χ3n) is 4.59. The molecule has 0 bridgehead atoms. The number of hydrogen-bond acceptors (Lipinski definition) is 1. The molecule has 1 nitrogen and oxygen atoms in total. The summed E-state index contributed by atoms with van der Waals surface area (Å²) in [5, 5.41) is 0. The quantitative estimate of drug-likeness (QED) is 0.463. The third kappa shape index (κ3) is 4.79. The Hall–Kier alpha value is -2.41. The first-order valence-electron chi connectivity index (χ1n) is 8.92. The van der Waals surface area contributed by atoms with Gasteiger partial charge in [-0.2, -0.15) is 0 Å². The van der Waals surface area contributed by atoms with Gasteiger partial charge in [-0.05, 0) is 42.0 Å². The first-order valence-corrected chi connectivity index (χ1v) is 8.92. The van der Waals surface area contributed by atoms with Crippen molar-refractivity contribution >= 4 is 0 Å². The van der Waals surface area contributed by atoms with Gasteiger partial charge < -0.3 is 0 Å². The maximum Gasteiger partial charge on any atom is 0.0306 e. The molecule has 24 heavy (non-hydrogen) atoms. The molecule has 1 heterocycles. The maximum atomic E-state index is 4.32. The zero-order valence-electron chi connectivity index (χ0n) is 14.1. The molecular formula is C23H25N. The Bertz CT molecular complexity index is 652. The molecule has 122 valence electrons. The molecule has 0 aliphatic heterocycles. The lowest BCUT2D eigenvalue weighted by molar-refractivity contribution is 0.601. The van der Waals surface area contributed by atoms with Gasteiger partial charge in [0.25, 0.3) is 0 Å². The summed E-state index contributed by atoms with van der Waals surface area (Å²) >= 11 is 0. The maximum absolute atomic E-state index is 4.32. The van der Waals surface area contributed by atoms with Crippen LogP contribution in [-0.4, -0.2) is 4.98 Å². The summed E-state index contributed by atoms with van der Waals surface area (Å²) < 4.78 is 0. The molecule has 0 radical (unpaired) electrons. The van der Waals surface area contributed by atoms with Crippen LogP contribution in [0.1, 0.15) is 48.3 Å².